The van der Waals surface area contributed by atoms with Crippen LogP contribution in [0.4, 0.5) is 5.69 Å². The molecule has 1 aliphatic heterocycles. The fourth-order valence-electron chi connectivity index (χ4n) is 2.31. The van der Waals surface area contributed by atoms with Gasteiger partial charge in [0, 0.05) is 24.5 Å². The second-order valence-corrected chi connectivity index (χ2v) is 5.05. The Labute approximate surface area is 122 Å². The van der Waals surface area contributed by atoms with E-state index in [2.05, 4.69) is 5.32 Å². The van der Waals surface area contributed by atoms with Gasteiger partial charge in [0.2, 0.25) is 11.8 Å². The smallest absolute Gasteiger partial charge is 0.227 e. The van der Waals surface area contributed by atoms with Gasteiger partial charge in [0.05, 0.1) is 18.7 Å². The molecule has 1 aliphatic rings. The number of halogens is 1. The summed E-state index contributed by atoms with van der Waals surface area (Å²) in [6.07, 6.45) is 0.210. The van der Waals surface area contributed by atoms with Gasteiger partial charge < -0.3 is 15.0 Å². The minimum atomic E-state index is -0.328. The summed E-state index contributed by atoms with van der Waals surface area (Å²) in [5.41, 5.74) is 0.608. The van der Waals surface area contributed by atoms with E-state index in [1.807, 2.05) is 6.92 Å². The lowest BCUT2D eigenvalue weighted by molar-refractivity contribution is -0.126. The lowest BCUT2D eigenvalue weighted by atomic mass is 10.1. The van der Waals surface area contributed by atoms with E-state index >= 15 is 0 Å². The molecule has 0 bridgehead atoms. The van der Waals surface area contributed by atoms with Crippen molar-refractivity contribution in [2.45, 2.75) is 13.3 Å². The zero-order valence-electron chi connectivity index (χ0n) is 11.5. The normalized spacial score (nSPS) is 18.2. The molecule has 1 aromatic rings. The molecule has 20 heavy (non-hydrogen) atoms. The van der Waals surface area contributed by atoms with Gasteiger partial charge in [-0.3, -0.25) is 9.59 Å². The largest absolute Gasteiger partial charge is 0.495 e. The lowest BCUT2D eigenvalue weighted by Gasteiger charge is -2.19. The van der Waals surface area contributed by atoms with E-state index in [-0.39, 0.29) is 24.2 Å². The molecule has 1 aromatic carbocycles. The first-order valence-electron chi connectivity index (χ1n) is 6.48. The van der Waals surface area contributed by atoms with Crippen LogP contribution in [0.2, 0.25) is 5.02 Å². The van der Waals surface area contributed by atoms with Crippen molar-refractivity contribution in [3.63, 3.8) is 0 Å². The summed E-state index contributed by atoms with van der Waals surface area (Å²) < 4.78 is 5.25. The van der Waals surface area contributed by atoms with E-state index in [0.717, 1.165) is 0 Å². The number of benzene rings is 1. The van der Waals surface area contributed by atoms with Crippen molar-refractivity contribution in [1.29, 1.82) is 0 Å². The van der Waals surface area contributed by atoms with Crippen molar-refractivity contribution in [3.8, 4) is 5.75 Å². The van der Waals surface area contributed by atoms with Crippen LogP contribution in [-0.2, 0) is 9.59 Å². The van der Waals surface area contributed by atoms with Crippen LogP contribution in [0.1, 0.15) is 13.3 Å². The Morgan fingerprint density at radius 2 is 2.30 bits per heavy atom. The highest BCUT2D eigenvalue weighted by Gasteiger charge is 2.36. The van der Waals surface area contributed by atoms with Gasteiger partial charge in [-0.25, -0.2) is 0 Å². The number of ether oxygens (including phenoxy) is 1. The minimum Gasteiger partial charge on any atom is -0.495 e. The molecule has 0 saturated carbocycles. The summed E-state index contributed by atoms with van der Waals surface area (Å²) >= 11 is 5.98. The maximum atomic E-state index is 12.1. The Morgan fingerprint density at radius 1 is 1.55 bits per heavy atom. The zero-order valence-corrected chi connectivity index (χ0v) is 12.2. The van der Waals surface area contributed by atoms with Crippen molar-refractivity contribution in [3.05, 3.63) is 23.2 Å². The second-order valence-electron chi connectivity index (χ2n) is 4.62. The first-order chi connectivity index (χ1) is 9.56. The van der Waals surface area contributed by atoms with Crippen LogP contribution in [0.25, 0.3) is 0 Å². The molecule has 1 atom stereocenters. The number of carbonyl (C=O) groups is 2. The quantitative estimate of drug-likeness (QED) is 0.922. The Balaban J connectivity index is 2.24. The highest BCUT2D eigenvalue weighted by atomic mass is 35.5. The van der Waals surface area contributed by atoms with Crippen molar-refractivity contribution in [2.24, 2.45) is 5.92 Å². The monoisotopic (exact) mass is 296 g/mol. The van der Waals surface area contributed by atoms with Gasteiger partial charge >= 0.3 is 0 Å². The minimum absolute atomic E-state index is 0.0932. The number of nitrogens with one attached hydrogen (secondary N) is 1. The lowest BCUT2D eigenvalue weighted by Crippen LogP contribution is -2.32. The molecule has 0 aromatic heterocycles. The molecule has 1 heterocycles. The van der Waals surface area contributed by atoms with E-state index in [9.17, 15) is 9.59 Å². The number of nitrogens with zero attached hydrogens (tertiary/aromatic N) is 1. The number of hydrogen-bond acceptors (Lipinski definition) is 3. The molecule has 108 valence electrons. The van der Waals surface area contributed by atoms with Gasteiger partial charge in [0.25, 0.3) is 0 Å². The highest BCUT2D eigenvalue weighted by Crippen LogP contribution is 2.35. The molecular weight excluding hydrogens is 280 g/mol. The van der Waals surface area contributed by atoms with Crippen LogP contribution < -0.4 is 15.0 Å². The van der Waals surface area contributed by atoms with Crippen LogP contribution in [-0.4, -0.2) is 32.0 Å². The van der Waals surface area contributed by atoms with Crippen LogP contribution in [0.15, 0.2) is 18.2 Å². The van der Waals surface area contributed by atoms with Crippen molar-refractivity contribution in [2.75, 3.05) is 25.1 Å². The first-order valence-corrected chi connectivity index (χ1v) is 6.86. The van der Waals surface area contributed by atoms with Gasteiger partial charge in [0.15, 0.2) is 0 Å². The van der Waals surface area contributed by atoms with Crippen LogP contribution in [0.5, 0.6) is 5.75 Å². The van der Waals surface area contributed by atoms with Crippen molar-refractivity contribution < 1.29 is 14.3 Å². The third-order valence-corrected chi connectivity index (χ3v) is 3.51. The number of hydrogen-bond donors (Lipinski definition) is 1. The van der Waals surface area contributed by atoms with Crippen LogP contribution in [0.3, 0.4) is 0 Å². The maximum absolute atomic E-state index is 12.1. The highest BCUT2D eigenvalue weighted by molar-refractivity contribution is 6.31. The fourth-order valence-corrected chi connectivity index (χ4v) is 2.48. The van der Waals surface area contributed by atoms with Gasteiger partial charge in [-0.05, 0) is 25.1 Å². The number of anilines is 1. The molecule has 0 aliphatic carbocycles. The van der Waals surface area contributed by atoms with Gasteiger partial charge in [0.1, 0.15) is 5.75 Å². The number of amides is 2. The predicted molar refractivity (Wildman–Crippen MR) is 77.1 cm³/mol. The number of carbonyl (C=O) groups excluding carboxylic acids is 2. The van der Waals surface area contributed by atoms with E-state index < -0.39 is 0 Å². The molecule has 1 N–H and O–H groups in total. The van der Waals surface area contributed by atoms with E-state index in [4.69, 9.17) is 16.3 Å². The first kappa shape index (κ1) is 14.7. The topological polar surface area (TPSA) is 58.6 Å². The van der Waals surface area contributed by atoms with Gasteiger partial charge in [-0.2, -0.15) is 0 Å². The summed E-state index contributed by atoms with van der Waals surface area (Å²) in [6.45, 7) is 2.76. The van der Waals surface area contributed by atoms with E-state index in [1.165, 1.54) is 7.11 Å². The van der Waals surface area contributed by atoms with Gasteiger partial charge in [-0.15, -0.1) is 0 Å². The standard InChI is InChI=1S/C14H17ClN2O3/c1-3-16-14(19)9-6-13(18)17(8-9)11-7-10(15)4-5-12(11)20-2/h4-5,7,9H,3,6,8H2,1-2H3,(H,16,19). The summed E-state index contributed by atoms with van der Waals surface area (Å²) in [4.78, 5) is 25.5. The summed E-state index contributed by atoms with van der Waals surface area (Å²) in [5.74, 6) is 0.0524. The van der Waals surface area contributed by atoms with E-state index in [1.54, 1.807) is 23.1 Å². The summed E-state index contributed by atoms with van der Waals surface area (Å²) in [5, 5.41) is 3.27. The second kappa shape index (κ2) is 6.13. The maximum Gasteiger partial charge on any atom is 0.227 e. The van der Waals surface area contributed by atoms with Gasteiger partial charge in [-0.1, -0.05) is 11.6 Å². The molecule has 0 spiro atoms. The fraction of sp³-hybridized carbons (Fsp3) is 0.429. The SMILES string of the molecule is CCNC(=O)C1CC(=O)N(c2cc(Cl)ccc2OC)C1. The Bertz CT molecular complexity index is 533. The average molecular weight is 297 g/mol. The van der Waals surface area contributed by atoms with Crippen LogP contribution in [0, 0.1) is 5.92 Å². The third kappa shape index (κ3) is 2.88. The molecule has 5 nitrogen and oxygen atoms in total. The van der Waals surface area contributed by atoms with Crippen molar-refractivity contribution >= 4 is 29.1 Å². The summed E-state index contributed by atoms with van der Waals surface area (Å²) in [6, 6.07) is 5.09. The Kier molecular flexibility index (Phi) is 4.49. The molecule has 1 fully saturated rings. The molecule has 1 unspecified atom stereocenters. The predicted octanol–water partition coefficient (Wildman–Crippen LogP) is 1.84. The van der Waals surface area contributed by atoms with Crippen LogP contribution >= 0.6 is 11.6 Å². The Morgan fingerprint density at radius 3 is 2.95 bits per heavy atom. The molecule has 1 saturated heterocycles. The van der Waals surface area contributed by atoms with E-state index in [0.29, 0.717) is 29.5 Å². The zero-order chi connectivity index (χ0) is 14.7. The molecular formula is C14H17ClN2O3. The average Bonchev–Trinajstić information content (AvgIpc) is 2.81. The number of methoxy groups -OCH3 is 1. The molecule has 2 amide bonds. The number of rotatable bonds is 4. The molecule has 2 rings (SSSR count). The molecule has 6 heteroatoms. The summed E-state index contributed by atoms with van der Waals surface area (Å²) in [7, 11) is 1.54. The Hall–Kier alpha value is -1.75. The third-order valence-electron chi connectivity index (χ3n) is 3.28. The van der Waals surface area contributed by atoms with Crippen molar-refractivity contribution in [1.82, 2.24) is 5.32 Å². The molecule has 0 radical (unpaired) electrons.